The molecular weight excluding hydrogens is 387 g/mol. The van der Waals surface area contributed by atoms with E-state index in [9.17, 15) is 27.0 Å². The van der Waals surface area contributed by atoms with Gasteiger partial charge in [0.15, 0.2) is 0 Å². The molecule has 1 aromatic carbocycles. The molecule has 2 rings (SSSR count). The lowest BCUT2D eigenvalue weighted by atomic mass is 10.1. The van der Waals surface area contributed by atoms with Crippen LogP contribution in [0.5, 0.6) is 0 Å². The van der Waals surface area contributed by atoms with Crippen molar-refractivity contribution in [2.24, 2.45) is 4.36 Å². The molecule has 0 saturated heterocycles. The van der Waals surface area contributed by atoms with Gasteiger partial charge in [-0.05, 0) is 30.5 Å². The van der Waals surface area contributed by atoms with E-state index in [0.717, 1.165) is 16.9 Å². The van der Waals surface area contributed by atoms with Crippen molar-refractivity contribution in [3.8, 4) is 0 Å². The van der Waals surface area contributed by atoms with Crippen molar-refractivity contribution in [3.63, 3.8) is 0 Å². The van der Waals surface area contributed by atoms with Crippen molar-refractivity contribution in [1.29, 1.82) is 0 Å². The number of thiophene rings is 1. The number of rotatable bonds is 5. The number of alkyl halides is 3. The van der Waals surface area contributed by atoms with Crippen LogP contribution in [0.25, 0.3) is 0 Å². The van der Waals surface area contributed by atoms with Gasteiger partial charge in [-0.25, -0.2) is 8.57 Å². The van der Waals surface area contributed by atoms with Crippen LogP contribution in [-0.2, 0) is 14.5 Å². The van der Waals surface area contributed by atoms with E-state index in [0.29, 0.717) is 6.20 Å². The Balaban J connectivity index is 2.54. The largest absolute Gasteiger partial charge is 0.455 e. The SMILES string of the molecule is Cc1ccc(S(C)(=O)=N/C=C(/C(=O)c2cccs2)C(=O)C(F)(F)F)cc1. The summed E-state index contributed by atoms with van der Waals surface area (Å²) in [4.78, 5) is 24.1. The summed E-state index contributed by atoms with van der Waals surface area (Å²) in [5.74, 6) is -3.43. The Bertz CT molecular complexity index is 966. The number of aryl methyl sites for hydroxylation is 1. The Kier molecular flexibility index (Phi) is 5.82. The quantitative estimate of drug-likeness (QED) is 0.323. The van der Waals surface area contributed by atoms with Crippen LogP contribution >= 0.6 is 11.3 Å². The van der Waals surface area contributed by atoms with Crippen LogP contribution in [0.3, 0.4) is 0 Å². The molecule has 1 unspecified atom stereocenters. The first kappa shape index (κ1) is 20.1. The zero-order chi connectivity index (χ0) is 19.5. The molecule has 0 bridgehead atoms. The number of benzene rings is 1. The highest BCUT2D eigenvalue weighted by Crippen LogP contribution is 2.25. The number of hydrogen-bond acceptors (Lipinski definition) is 5. The second-order valence-corrected chi connectivity index (χ2v) is 8.63. The highest BCUT2D eigenvalue weighted by Gasteiger charge is 2.43. The van der Waals surface area contributed by atoms with Crippen LogP contribution < -0.4 is 0 Å². The van der Waals surface area contributed by atoms with Crippen LogP contribution in [0.1, 0.15) is 15.2 Å². The Labute approximate surface area is 152 Å². The minimum absolute atomic E-state index is 0.0398. The maximum Gasteiger partial charge on any atom is 0.455 e. The molecule has 1 atom stereocenters. The first-order valence-electron chi connectivity index (χ1n) is 7.20. The summed E-state index contributed by atoms with van der Waals surface area (Å²) in [5.41, 5.74) is -0.262. The normalized spacial score (nSPS) is 14.6. The third-order valence-electron chi connectivity index (χ3n) is 3.33. The van der Waals surface area contributed by atoms with Crippen molar-refractivity contribution >= 4 is 32.6 Å². The monoisotopic (exact) mass is 401 g/mol. The van der Waals surface area contributed by atoms with Gasteiger partial charge >= 0.3 is 6.18 Å². The van der Waals surface area contributed by atoms with Gasteiger partial charge in [0.1, 0.15) is 0 Å². The van der Waals surface area contributed by atoms with Crippen LogP contribution in [0, 0.1) is 6.92 Å². The number of hydrogen-bond donors (Lipinski definition) is 0. The summed E-state index contributed by atoms with van der Waals surface area (Å²) in [6, 6.07) is 9.18. The molecule has 0 amide bonds. The fraction of sp³-hybridized carbons (Fsp3) is 0.176. The van der Waals surface area contributed by atoms with Crippen molar-refractivity contribution in [2.45, 2.75) is 18.0 Å². The third-order valence-corrected chi connectivity index (χ3v) is 5.86. The van der Waals surface area contributed by atoms with Gasteiger partial charge in [0, 0.05) is 11.2 Å². The highest BCUT2D eigenvalue weighted by molar-refractivity contribution is 7.93. The number of carbonyl (C=O) groups excluding carboxylic acids is 2. The summed E-state index contributed by atoms with van der Waals surface area (Å²) < 4.78 is 54.8. The van der Waals surface area contributed by atoms with Crippen molar-refractivity contribution in [1.82, 2.24) is 0 Å². The summed E-state index contributed by atoms with van der Waals surface area (Å²) >= 11 is 0.896. The molecule has 2 aromatic rings. The Morgan fingerprint density at radius 1 is 1.15 bits per heavy atom. The minimum Gasteiger partial charge on any atom is -0.287 e. The molecule has 0 spiro atoms. The summed E-state index contributed by atoms with van der Waals surface area (Å²) in [6.45, 7) is 1.82. The summed E-state index contributed by atoms with van der Waals surface area (Å²) in [6.07, 6.45) is -3.55. The Hall–Kier alpha value is -2.26. The summed E-state index contributed by atoms with van der Waals surface area (Å²) in [7, 11) is -3.12. The van der Waals surface area contributed by atoms with Gasteiger partial charge < -0.3 is 0 Å². The molecule has 0 aliphatic heterocycles. The molecule has 0 fully saturated rings. The zero-order valence-corrected chi connectivity index (χ0v) is 15.4. The average Bonchev–Trinajstić information content (AvgIpc) is 3.08. The minimum atomic E-state index is -5.24. The van der Waals surface area contributed by atoms with Gasteiger partial charge in [-0.2, -0.15) is 13.2 Å². The number of Topliss-reactive ketones (excluding diaryl/α,β-unsaturated/α-hetero) is 2. The molecule has 26 heavy (non-hydrogen) atoms. The fourth-order valence-corrected chi connectivity index (χ4v) is 3.67. The third kappa shape index (κ3) is 4.67. The Morgan fingerprint density at radius 3 is 2.27 bits per heavy atom. The zero-order valence-electron chi connectivity index (χ0n) is 13.7. The molecule has 9 heteroatoms. The van der Waals surface area contributed by atoms with Gasteiger partial charge in [0.25, 0.3) is 5.78 Å². The number of allylic oxidation sites excluding steroid dienone is 1. The maximum atomic E-state index is 12.8. The molecule has 0 radical (unpaired) electrons. The fourth-order valence-electron chi connectivity index (χ4n) is 1.92. The molecule has 4 nitrogen and oxygen atoms in total. The number of carbonyl (C=O) groups is 2. The van der Waals surface area contributed by atoms with E-state index in [2.05, 4.69) is 4.36 Å². The van der Waals surface area contributed by atoms with E-state index in [1.165, 1.54) is 35.9 Å². The van der Waals surface area contributed by atoms with E-state index < -0.39 is 33.0 Å². The van der Waals surface area contributed by atoms with E-state index in [1.54, 1.807) is 12.1 Å². The molecule has 1 heterocycles. The smallest absolute Gasteiger partial charge is 0.287 e. The predicted octanol–water partition coefficient (Wildman–Crippen LogP) is 4.41. The van der Waals surface area contributed by atoms with Crippen molar-refractivity contribution in [2.75, 3.05) is 6.26 Å². The van der Waals surface area contributed by atoms with Crippen LogP contribution in [0.4, 0.5) is 13.2 Å². The van der Waals surface area contributed by atoms with Crippen LogP contribution in [0.2, 0.25) is 0 Å². The van der Waals surface area contributed by atoms with E-state index in [1.807, 2.05) is 6.92 Å². The lowest BCUT2D eigenvalue weighted by molar-refractivity contribution is -0.166. The summed E-state index contributed by atoms with van der Waals surface area (Å²) in [5, 5.41) is 1.50. The standard InChI is InChI=1S/C17H14F3NO3S2/c1-11-5-7-12(8-6-11)26(2,24)21-10-13(16(23)17(18,19)20)15(22)14-4-3-9-25-14/h3-10H,1-2H3/b13-10-. The number of ketones is 2. The first-order chi connectivity index (χ1) is 12.0. The molecule has 0 aliphatic rings. The Morgan fingerprint density at radius 2 is 1.77 bits per heavy atom. The highest BCUT2D eigenvalue weighted by atomic mass is 32.2. The van der Waals surface area contributed by atoms with Gasteiger partial charge in [0.05, 0.1) is 26.4 Å². The molecule has 0 saturated carbocycles. The van der Waals surface area contributed by atoms with Crippen molar-refractivity contribution in [3.05, 3.63) is 64.0 Å². The first-order valence-corrected chi connectivity index (χ1v) is 10.0. The molecule has 1 aromatic heterocycles. The predicted molar refractivity (Wildman–Crippen MR) is 93.7 cm³/mol. The maximum absolute atomic E-state index is 12.8. The lowest BCUT2D eigenvalue weighted by Crippen LogP contribution is -2.28. The van der Waals surface area contributed by atoms with E-state index in [-0.39, 0.29) is 9.77 Å². The molecular formula is C17H14F3NO3S2. The van der Waals surface area contributed by atoms with Gasteiger partial charge in [-0.1, -0.05) is 23.8 Å². The van der Waals surface area contributed by atoms with E-state index in [4.69, 9.17) is 0 Å². The lowest BCUT2D eigenvalue weighted by Gasteiger charge is -2.08. The second kappa shape index (κ2) is 7.55. The second-order valence-electron chi connectivity index (χ2n) is 5.40. The van der Waals surface area contributed by atoms with Gasteiger partial charge in [-0.3, -0.25) is 9.59 Å². The molecule has 138 valence electrons. The number of halogens is 3. The van der Waals surface area contributed by atoms with Crippen LogP contribution in [-0.4, -0.2) is 28.2 Å². The molecule has 0 aliphatic carbocycles. The van der Waals surface area contributed by atoms with Gasteiger partial charge in [-0.15, -0.1) is 11.3 Å². The topological polar surface area (TPSA) is 63.6 Å². The van der Waals surface area contributed by atoms with Crippen molar-refractivity contribution < 1.29 is 27.0 Å². The van der Waals surface area contributed by atoms with Crippen LogP contribution in [0.15, 0.2) is 62.8 Å². The number of nitrogens with zero attached hydrogens (tertiary/aromatic N) is 1. The van der Waals surface area contributed by atoms with Gasteiger partial charge in [0.2, 0.25) is 5.78 Å². The average molecular weight is 401 g/mol. The molecule has 0 N–H and O–H groups in total. The van der Waals surface area contributed by atoms with E-state index >= 15 is 0 Å².